The van der Waals surface area contributed by atoms with E-state index >= 15 is 0 Å². The van der Waals surface area contributed by atoms with E-state index in [4.69, 9.17) is 9.47 Å². The maximum Gasteiger partial charge on any atom is 0.410 e. The zero-order valence-corrected chi connectivity index (χ0v) is 13.4. The monoisotopic (exact) mass is 298 g/mol. The molecule has 0 aromatic heterocycles. The molecule has 2 rings (SSSR count). The van der Waals surface area contributed by atoms with Crippen molar-refractivity contribution < 1.29 is 19.1 Å². The van der Waals surface area contributed by atoms with E-state index in [2.05, 4.69) is 4.90 Å². The first-order valence-electron chi connectivity index (χ1n) is 7.69. The maximum absolute atomic E-state index is 12.2. The predicted molar refractivity (Wildman–Crippen MR) is 78.0 cm³/mol. The summed E-state index contributed by atoms with van der Waals surface area (Å²) < 4.78 is 10.5. The molecule has 2 fully saturated rings. The minimum absolute atomic E-state index is 0.180. The van der Waals surface area contributed by atoms with Crippen molar-refractivity contribution in [3.05, 3.63) is 0 Å². The molecule has 0 N–H and O–H groups in total. The average Bonchev–Trinajstić information content (AvgIpc) is 2.59. The van der Waals surface area contributed by atoms with Gasteiger partial charge >= 0.3 is 12.1 Å². The lowest BCUT2D eigenvalue weighted by Gasteiger charge is -2.40. The molecule has 21 heavy (non-hydrogen) atoms. The van der Waals surface area contributed by atoms with Gasteiger partial charge in [-0.3, -0.25) is 9.69 Å². The Labute approximate surface area is 126 Å². The van der Waals surface area contributed by atoms with Crippen LogP contribution < -0.4 is 0 Å². The number of piperazine rings is 1. The summed E-state index contributed by atoms with van der Waals surface area (Å²) in [7, 11) is 0. The molecular weight excluding hydrogens is 272 g/mol. The first-order valence-corrected chi connectivity index (χ1v) is 7.69. The molecule has 6 heteroatoms. The van der Waals surface area contributed by atoms with Crippen molar-refractivity contribution in [1.82, 2.24) is 9.80 Å². The van der Waals surface area contributed by atoms with E-state index in [1.807, 2.05) is 27.7 Å². The molecule has 6 nitrogen and oxygen atoms in total. The smallest absolute Gasteiger partial charge is 0.410 e. The highest BCUT2D eigenvalue weighted by atomic mass is 16.6. The van der Waals surface area contributed by atoms with E-state index in [1.54, 1.807) is 4.90 Å². The highest BCUT2D eigenvalue weighted by molar-refractivity contribution is 5.72. The van der Waals surface area contributed by atoms with Gasteiger partial charge in [0.2, 0.25) is 0 Å². The third-order valence-electron chi connectivity index (χ3n) is 3.90. The third-order valence-corrected chi connectivity index (χ3v) is 3.90. The second-order valence-corrected chi connectivity index (χ2v) is 6.75. The van der Waals surface area contributed by atoms with Gasteiger partial charge in [-0.05, 0) is 40.5 Å². The van der Waals surface area contributed by atoms with E-state index in [0.717, 1.165) is 12.8 Å². The molecule has 0 radical (unpaired) electrons. The van der Waals surface area contributed by atoms with Gasteiger partial charge in [0.1, 0.15) is 5.60 Å². The quantitative estimate of drug-likeness (QED) is 0.741. The van der Waals surface area contributed by atoms with Crippen molar-refractivity contribution in [3.63, 3.8) is 0 Å². The fraction of sp³-hybridized carbons (Fsp3) is 0.867. The maximum atomic E-state index is 12.2. The van der Waals surface area contributed by atoms with Crippen LogP contribution >= 0.6 is 0 Å². The zero-order chi connectivity index (χ0) is 15.6. The molecule has 2 heterocycles. The summed E-state index contributed by atoms with van der Waals surface area (Å²) in [6, 6.07) is 0.473. The van der Waals surface area contributed by atoms with E-state index in [1.165, 1.54) is 0 Å². The van der Waals surface area contributed by atoms with E-state index in [-0.39, 0.29) is 24.1 Å². The highest BCUT2D eigenvalue weighted by Gasteiger charge is 2.43. The molecule has 2 saturated heterocycles. The second-order valence-electron chi connectivity index (χ2n) is 6.75. The highest BCUT2D eigenvalue weighted by Crippen LogP contribution is 2.30. The summed E-state index contributed by atoms with van der Waals surface area (Å²) in [6.45, 7) is 9.42. The number of amides is 1. The normalized spacial score (nSPS) is 25.8. The van der Waals surface area contributed by atoms with E-state index in [9.17, 15) is 9.59 Å². The fourth-order valence-corrected chi connectivity index (χ4v) is 3.08. The molecule has 2 bridgehead atoms. The molecule has 2 aliphatic heterocycles. The largest absolute Gasteiger partial charge is 0.465 e. The van der Waals surface area contributed by atoms with Crippen LogP contribution in [0.25, 0.3) is 0 Å². The molecule has 0 aromatic rings. The van der Waals surface area contributed by atoms with E-state index < -0.39 is 5.60 Å². The molecule has 120 valence electrons. The number of hydrogen-bond acceptors (Lipinski definition) is 5. The van der Waals surface area contributed by atoms with Crippen LogP contribution in [0.1, 0.15) is 40.5 Å². The standard InChI is InChI=1S/C15H26N2O4/c1-5-20-13(18)10-17-11-6-7-12(17)9-16(8-11)14(19)21-15(2,3)4/h11-12H,5-10H2,1-4H3. The number of carbonyl (C=O) groups is 2. The Morgan fingerprint density at radius 2 is 1.71 bits per heavy atom. The predicted octanol–water partition coefficient (Wildman–Crippen LogP) is 1.63. The fourth-order valence-electron chi connectivity index (χ4n) is 3.08. The number of carbonyl (C=O) groups excluding carboxylic acids is 2. The molecule has 1 amide bonds. The van der Waals surface area contributed by atoms with Crippen LogP contribution in [0.5, 0.6) is 0 Å². The van der Waals surface area contributed by atoms with Crippen LogP contribution in [0.2, 0.25) is 0 Å². The summed E-state index contributed by atoms with van der Waals surface area (Å²) in [5.41, 5.74) is -0.474. The Kier molecular flexibility index (Phi) is 4.76. The molecule has 0 saturated carbocycles. The topological polar surface area (TPSA) is 59.1 Å². The first kappa shape index (κ1) is 16.1. The Morgan fingerprint density at radius 1 is 1.14 bits per heavy atom. The molecular formula is C15H26N2O4. The lowest BCUT2D eigenvalue weighted by molar-refractivity contribution is -0.145. The molecule has 2 atom stereocenters. The molecule has 2 aliphatic rings. The Hall–Kier alpha value is -1.30. The molecule has 2 unspecified atom stereocenters. The van der Waals surface area contributed by atoms with Crippen molar-refractivity contribution in [3.8, 4) is 0 Å². The summed E-state index contributed by atoms with van der Waals surface area (Å²) in [5.74, 6) is -0.180. The van der Waals surface area contributed by atoms with Crippen molar-refractivity contribution in [1.29, 1.82) is 0 Å². The van der Waals surface area contributed by atoms with Gasteiger partial charge in [0.05, 0.1) is 13.2 Å². The van der Waals surface area contributed by atoms with Crippen molar-refractivity contribution in [2.45, 2.75) is 58.2 Å². The van der Waals surface area contributed by atoms with Crippen molar-refractivity contribution >= 4 is 12.1 Å². The van der Waals surface area contributed by atoms with E-state index in [0.29, 0.717) is 26.2 Å². The van der Waals surface area contributed by atoms with Gasteiger partial charge in [-0.2, -0.15) is 0 Å². The summed E-state index contributed by atoms with van der Waals surface area (Å²) >= 11 is 0. The van der Waals surface area contributed by atoms with Crippen LogP contribution in [-0.2, 0) is 14.3 Å². The van der Waals surface area contributed by atoms with Crippen LogP contribution in [0.3, 0.4) is 0 Å². The van der Waals surface area contributed by atoms with Crippen molar-refractivity contribution in [2.75, 3.05) is 26.2 Å². The van der Waals surface area contributed by atoms with Crippen molar-refractivity contribution in [2.24, 2.45) is 0 Å². The SMILES string of the molecule is CCOC(=O)CN1C2CCC1CN(C(=O)OC(C)(C)C)C2. The minimum Gasteiger partial charge on any atom is -0.465 e. The Bertz CT molecular complexity index is 391. The van der Waals surface area contributed by atoms with Crippen LogP contribution in [0.15, 0.2) is 0 Å². The van der Waals surface area contributed by atoms with Gasteiger partial charge < -0.3 is 14.4 Å². The van der Waals surface area contributed by atoms with Crippen LogP contribution in [-0.4, -0.2) is 65.8 Å². The number of rotatable bonds is 3. The lowest BCUT2D eigenvalue weighted by atomic mass is 10.2. The third kappa shape index (κ3) is 4.09. The van der Waals surface area contributed by atoms with Gasteiger partial charge in [0.15, 0.2) is 0 Å². The zero-order valence-electron chi connectivity index (χ0n) is 13.4. The van der Waals surface area contributed by atoms with Crippen LogP contribution in [0.4, 0.5) is 4.79 Å². The second kappa shape index (κ2) is 6.22. The Balaban J connectivity index is 1.92. The number of ether oxygens (including phenoxy) is 2. The van der Waals surface area contributed by atoms with Gasteiger partial charge in [0.25, 0.3) is 0 Å². The number of fused-ring (bicyclic) bond motifs is 2. The number of hydrogen-bond donors (Lipinski definition) is 0. The number of esters is 1. The first-order chi connectivity index (χ1) is 9.80. The van der Waals surface area contributed by atoms with Gasteiger partial charge in [-0.1, -0.05) is 0 Å². The molecule has 0 aliphatic carbocycles. The molecule has 0 spiro atoms. The average molecular weight is 298 g/mol. The number of nitrogens with zero attached hydrogens (tertiary/aromatic N) is 2. The Morgan fingerprint density at radius 3 is 2.19 bits per heavy atom. The summed E-state index contributed by atoms with van der Waals surface area (Å²) in [6.07, 6.45) is 1.78. The van der Waals surface area contributed by atoms with Gasteiger partial charge in [-0.25, -0.2) is 4.79 Å². The number of likely N-dealkylation sites (tertiary alicyclic amines) is 1. The lowest BCUT2D eigenvalue weighted by Crippen LogP contribution is -2.57. The van der Waals surface area contributed by atoms with Gasteiger partial charge in [0, 0.05) is 25.2 Å². The van der Waals surface area contributed by atoms with Crippen LogP contribution in [0, 0.1) is 0 Å². The molecule has 0 aromatic carbocycles. The summed E-state index contributed by atoms with van der Waals surface area (Å²) in [5, 5.41) is 0. The summed E-state index contributed by atoms with van der Waals surface area (Å²) in [4.78, 5) is 27.8. The van der Waals surface area contributed by atoms with Gasteiger partial charge in [-0.15, -0.1) is 0 Å². The minimum atomic E-state index is -0.474.